The van der Waals surface area contributed by atoms with Crippen molar-refractivity contribution >= 4 is 44.3 Å². The molecule has 236 valence electrons. The lowest BCUT2D eigenvalue weighted by Gasteiger charge is -2.34. The summed E-state index contributed by atoms with van der Waals surface area (Å²) in [6.07, 6.45) is 8.97. The Hall–Kier alpha value is -3.10. The van der Waals surface area contributed by atoms with Gasteiger partial charge in [0, 0.05) is 36.1 Å². The van der Waals surface area contributed by atoms with Gasteiger partial charge in [-0.2, -0.15) is 0 Å². The number of nitrogens with one attached hydrogen (secondary N) is 1. The summed E-state index contributed by atoms with van der Waals surface area (Å²) in [6.45, 7) is 6.38. The molecule has 1 saturated carbocycles. The number of unbranched alkanes of at least 4 members (excludes halogenated alkanes) is 2. The van der Waals surface area contributed by atoms with Gasteiger partial charge < -0.3 is 20.5 Å². The van der Waals surface area contributed by atoms with Crippen molar-refractivity contribution in [3.05, 3.63) is 70.2 Å². The molecule has 1 aliphatic rings. The molecule has 1 amide bonds. The number of nitrogens with zero attached hydrogens (tertiary/aromatic N) is 1. The zero-order valence-corrected chi connectivity index (χ0v) is 26.9. The molecule has 0 atom stereocenters. The summed E-state index contributed by atoms with van der Waals surface area (Å²) in [5.74, 6) is 0.574. The normalized spacial score (nSPS) is 13.0. The number of fused-ring (bicyclic) bond motifs is 1. The van der Waals surface area contributed by atoms with Gasteiger partial charge in [-0.05, 0) is 95.2 Å². The number of rotatable bonds is 12. The van der Waals surface area contributed by atoms with Crippen molar-refractivity contribution in [2.45, 2.75) is 85.2 Å². The average Bonchev–Trinajstić information content (AvgIpc) is 3.01. The Kier molecular flexibility index (Phi) is 16.1. The largest absolute Gasteiger partial charge is 0.497 e. The maximum atomic E-state index is 12.6. The highest BCUT2D eigenvalue weighted by molar-refractivity contribution is 9.10. The molecule has 3 aromatic rings. The van der Waals surface area contributed by atoms with E-state index in [1.54, 1.807) is 13.2 Å². The zero-order chi connectivity index (χ0) is 30.3. The first kappa shape index (κ1) is 36.1. The molecule has 8 heteroatoms. The first-order valence-electron chi connectivity index (χ1n) is 15.1. The fourth-order valence-corrected chi connectivity index (χ4v) is 5.82. The van der Waals surface area contributed by atoms with Crippen LogP contribution in [0.4, 0.5) is 5.69 Å². The average molecular weight is 657 g/mol. The van der Waals surface area contributed by atoms with Gasteiger partial charge in [-0.25, -0.2) is 0 Å². The van der Waals surface area contributed by atoms with E-state index in [2.05, 4.69) is 51.3 Å². The summed E-state index contributed by atoms with van der Waals surface area (Å²) < 4.78 is 10.8. The number of nitrogens with two attached hydrogens (primary N) is 1. The number of ether oxygens (including phenoxy) is 2. The number of amides is 1. The molecular weight excluding hydrogens is 606 g/mol. The number of hydrogen-bond donors (Lipinski definition) is 2. The molecular formula is C35H50BrN3O4. The minimum atomic E-state index is -0.252. The molecule has 3 N–H and O–H groups in total. The van der Waals surface area contributed by atoms with Crippen LogP contribution >= 0.6 is 15.9 Å². The maximum absolute atomic E-state index is 12.6. The van der Waals surface area contributed by atoms with E-state index in [1.807, 2.05) is 30.3 Å². The lowest BCUT2D eigenvalue weighted by Crippen LogP contribution is -2.36. The molecule has 1 fully saturated rings. The van der Waals surface area contributed by atoms with Gasteiger partial charge in [-0.1, -0.05) is 63.9 Å². The van der Waals surface area contributed by atoms with Crippen LogP contribution in [-0.2, 0) is 16.1 Å². The molecule has 0 heterocycles. The molecule has 1 aliphatic carbocycles. The summed E-state index contributed by atoms with van der Waals surface area (Å²) in [5.41, 5.74) is 8.68. The first-order chi connectivity index (χ1) is 20.3. The van der Waals surface area contributed by atoms with Crippen LogP contribution in [0.15, 0.2) is 59.1 Å². The van der Waals surface area contributed by atoms with Crippen LogP contribution in [0.2, 0.25) is 0 Å². The predicted octanol–water partition coefficient (Wildman–Crippen LogP) is 8.13. The molecule has 4 rings (SSSR count). The van der Waals surface area contributed by atoms with Gasteiger partial charge in [0.15, 0.2) is 0 Å². The number of carbonyl (C=O) groups is 2. The van der Waals surface area contributed by atoms with E-state index in [-0.39, 0.29) is 19.3 Å². The Labute approximate surface area is 266 Å². The van der Waals surface area contributed by atoms with Crippen LogP contribution in [0.25, 0.3) is 10.8 Å². The van der Waals surface area contributed by atoms with Gasteiger partial charge in [0.1, 0.15) is 5.75 Å². The van der Waals surface area contributed by atoms with Crippen LogP contribution in [0.1, 0.15) is 88.6 Å². The van der Waals surface area contributed by atoms with Crippen molar-refractivity contribution in [3.63, 3.8) is 0 Å². The monoisotopic (exact) mass is 655 g/mol. The molecule has 7 nitrogen and oxygen atoms in total. The summed E-state index contributed by atoms with van der Waals surface area (Å²) >= 11 is 3.53. The minimum absolute atomic E-state index is 0. The molecule has 0 saturated heterocycles. The van der Waals surface area contributed by atoms with Crippen LogP contribution < -0.4 is 15.8 Å². The van der Waals surface area contributed by atoms with E-state index in [0.29, 0.717) is 30.4 Å². The van der Waals surface area contributed by atoms with Gasteiger partial charge >= 0.3 is 5.97 Å². The lowest BCUT2D eigenvalue weighted by molar-refractivity contribution is -0.141. The van der Waals surface area contributed by atoms with Crippen LogP contribution in [0.3, 0.4) is 0 Å². The predicted molar refractivity (Wildman–Crippen MR) is 182 cm³/mol. The number of esters is 1. The number of hydrogen-bond acceptors (Lipinski definition) is 6. The quantitative estimate of drug-likeness (QED) is 0.116. The van der Waals surface area contributed by atoms with E-state index in [1.165, 1.54) is 49.8 Å². The van der Waals surface area contributed by atoms with Crippen molar-refractivity contribution < 1.29 is 19.1 Å². The third kappa shape index (κ3) is 11.8. The third-order valence-corrected chi connectivity index (χ3v) is 8.37. The lowest BCUT2D eigenvalue weighted by atomic mass is 9.93. The Morgan fingerprint density at radius 1 is 1.00 bits per heavy atom. The summed E-state index contributed by atoms with van der Waals surface area (Å²) in [5, 5.41) is 5.45. The molecule has 0 unspecified atom stereocenters. The highest BCUT2D eigenvalue weighted by Gasteiger charge is 2.22. The van der Waals surface area contributed by atoms with Gasteiger partial charge in [0.25, 0.3) is 5.91 Å². The smallest absolute Gasteiger partial charge is 0.302 e. The second kappa shape index (κ2) is 19.2. The first-order valence-corrected chi connectivity index (χ1v) is 15.9. The molecule has 0 bridgehead atoms. The highest BCUT2D eigenvalue weighted by atomic mass is 79.9. The molecule has 3 aromatic carbocycles. The molecule has 0 aliphatic heterocycles. The van der Waals surface area contributed by atoms with Crippen LogP contribution in [0.5, 0.6) is 5.75 Å². The zero-order valence-electron chi connectivity index (χ0n) is 25.3. The third-order valence-electron chi connectivity index (χ3n) is 7.72. The highest BCUT2D eigenvalue weighted by Crippen LogP contribution is 2.29. The Bertz CT molecular complexity index is 1290. The molecule has 0 radical (unpaired) electrons. The van der Waals surface area contributed by atoms with E-state index in [9.17, 15) is 9.59 Å². The topological polar surface area (TPSA) is 93.9 Å². The maximum Gasteiger partial charge on any atom is 0.302 e. The number of carbonyl (C=O) groups excluding carboxylic acids is 2. The van der Waals surface area contributed by atoms with Crippen molar-refractivity contribution in [1.82, 2.24) is 10.2 Å². The van der Waals surface area contributed by atoms with Crippen molar-refractivity contribution in [2.24, 2.45) is 0 Å². The molecule has 43 heavy (non-hydrogen) atoms. The second-order valence-corrected chi connectivity index (χ2v) is 11.6. The van der Waals surface area contributed by atoms with E-state index >= 15 is 0 Å². The summed E-state index contributed by atoms with van der Waals surface area (Å²) in [7, 11) is 1.68. The van der Waals surface area contributed by atoms with Crippen LogP contribution in [-0.4, -0.2) is 49.6 Å². The van der Waals surface area contributed by atoms with Gasteiger partial charge in [0.2, 0.25) is 0 Å². The SMILES string of the molecule is C.CCN(Cc1cc(C(=O)NCCCCCOC(C)=O)cc(Br)c1N)C1CCCCC1.COc1ccc2ccccc2c1. The van der Waals surface area contributed by atoms with Crippen molar-refractivity contribution in [1.29, 1.82) is 0 Å². The Morgan fingerprint density at radius 2 is 1.72 bits per heavy atom. The van der Waals surface area contributed by atoms with Crippen molar-refractivity contribution in [3.8, 4) is 5.75 Å². The number of halogens is 1. The number of methoxy groups -OCH3 is 1. The summed E-state index contributed by atoms with van der Waals surface area (Å²) in [4.78, 5) is 25.9. The van der Waals surface area contributed by atoms with Crippen LogP contribution in [0, 0.1) is 0 Å². The fourth-order valence-electron chi connectivity index (χ4n) is 5.32. The Morgan fingerprint density at radius 3 is 2.40 bits per heavy atom. The summed E-state index contributed by atoms with van der Waals surface area (Å²) in [6, 6.07) is 18.6. The van der Waals surface area contributed by atoms with Gasteiger partial charge in [0.05, 0.1) is 19.4 Å². The fraction of sp³-hybridized carbons (Fsp3) is 0.486. The number of nitrogen functional groups attached to an aromatic ring is 1. The van der Waals surface area contributed by atoms with Gasteiger partial charge in [-0.15, -0.1) is 0 Å². The molecule has 0 spiro atoms. The number of anilines is 1. The van der Waals surface area contributed by atoms with Crippen molar-refractivity contribution in [2.75, 3.05) is 32.5 Å². The second-order valence-electron chi connectivity index (χ2n) is 10.8. The number of benzene rings is 3. The molecule has 0 aromatic heterocycles. The van der Waals surface area contributed by atoms with E-state index in [4.69, 9.17) is 15.2 Å². The van der Waals surface area contributed by atoms with E-state index < -0.39 is 0 Å². The van der Waals surface area contributed by atoms with E-state index in [0.717, 1.165) is 48.1 Å². The van der Waals surface area contributed by atoms with Gasteiger partial charge in [-0.3, -0.25) is 14.5 Å². The Balaban J connectivity index is 0.000000411. The minimum Gasteiger partial charge on any atom is -0.497 e. The standard InChI is InChI=1S/C23H36BrN3O3.C11H10O.CH4/c1-3-27(20-10-6-4-7-11-20)16-19-14-18(15-21(24)22(19)25)23(29)26-12-8-5-9-13-30-17(2)28;1-12-11-7-6-9-4-2-3-5-10(9)8-11;/h14-15,20H,3-13,16,25H2,1-2H3,(H,26,29);2-8H,1H3;1H4.